The van der Waals surface area contributed by atoms with Crippen molar-refractivity contribution in [3.05, 3.63) is 36.5 Å². The molecule has 0 aromatic heterocycles. The van der Waals surface area contributed by atoms with E-state index in [0.29, 0.717) is 19.3 Å². The van der Waals surface area contributed by atoms with Crippen LogP contribution in [0.2, 0.25) is 0 Å². The minimum Gasteiger partial charge on any atom is -0.394 e. The van der Waals surface area contributed by atoms with Crippen molar-refractivity contribution >= 4 is 5.91 Å². The number of hydrogen-bond acceptors (Lipinski definition) is 13. The highest BCUT2D eigenvalue weighted by Crippen LogP contribution is 2.30. The van der Waals surface area contributed by atoms with Crippen molar-refractivity contribution in [2.75, 3.05) is 19.8 Å². The van der Waals surface area contributed by atoms with Gasteiger partial charge in [-0.15, -0.1) is 0 Å². The number of ether oxygens (including phenoxy) is 4. The summed E-state index contributed by atoms with van der Waals surface area (Å²) in [5.41, 5.74) is 0. The normalized spacial score (nSPS) is 24.0. The molecule has 0 bridgehead atoms. The van der Waals surface area contributed by atoms with Gasteiger partial charge in [0.2, 0.25) is 5.91 Å². The predicted molar refractivity (Wildman–Crippen MR) is 337 cm³/mol. The van der Waals surface area contributed by atoms with Crippen molar-refractivity contribution in [3.63, 3.8) is 0 Å². The Bertz CT molecular complexity index is 1530. The number of carbonyl (C=O) groups excluding carboxylic acids is 1. The first-order valence-electron chi connectivity index (χ1n) is 34.7. The zero-order valence-corrected chi connectivity index (χ0v) is 53.0. The Morgan fingerprint density at radius 2 is 0.795 bits per heavy atom. The van der Waals surface area contributed by atoms with Gasteiger partial charge in [0.15, 0.2) is 12.6 Å². The van der Waals surface area contributed by atoms with Crippen LogP contribution in [0.4, 0.5) is 0 Å². The Morgan fingerprint density at radius 1 is 0.434 bits per heavy atom. The highest BCUT2D eigenvalue weighted by Gasteiger charge is 2.51. The molecule has 14 nitrogen and oxygen atoms in total. The van der Waals surface area contributed by atoms with E-state index < -0.39 is 86.8 Å². The Kier molecular flexibility index (Phi) is 50.6. The minimum atomic E-state index is -1.78. The van der Waals surface area contributed by atoms with E-state index >= 15 is 0 Å². The summed E-state index contributed by atoms with van der Waals surface area (Å²) in [4.78, 5) is 13.3. The summed E-state index contributed by atoms with van der Waals surface area (Å²) in [6, 6.07) is -0.838. The highest BCUT2D eigenvalue weighted by atomic mass is 16.7. The van der Waals surface area contributed by atoms with E-state index in [1.807, 2.05) is 0 Å². The Labute approximate surface area is 506 Å². The second kappa shape index (κ2) is 54.4. The maximum atomic E-state index is 13.3. The molecule has 0 aliphatic carbocycles. The molecule has 0 radical (unpaired) electrons. The predicted octanol–water partition coefficient (Wildman–Crippen LogP) is 13.7. The summed E-state index contributed by atoms with van der Waals surface area (Å²) in [5, 5.41) is 87.5. The molecular formula is C69H129NO13. The Morgan fingerprint density at radius 3 is 1.24 bits per heavy atom. The number of aliphatic hydroxyl groups is 8. The SMILES string of the molecule is CCCCC/C=C\C/C=C\C/C=C\CCCCCCCCC(=O)NC(COC1OC(CO)C(OC2OC(CO)C(O)C(O)C2O)C(O)C1O)C(O)CCCCCCCCCCCCCCCCCCCCCCCCCCCCCCCC. The first-order valence-corrected chi connectivity index (χ1v) is 34.7. The summed E-state index contributed by atoms with van der Waals surface area (Å²) in [6.45, 7) is 2.86. The van der Waals surface area contributed by atoms with Gasteiger partial charge in [0.05, 0.1) is 32.0 Å². The van der Waals surface area contributed by atoms with E-state index in [0.717, 1.165) is 77.0 Å². The van der Waals surface area contributed by atoms with Gasteiger partial charge >= 0.3 is 0 Å². The van der Waals surface area contributed by atoms with Crippen LogP contribution in [0.1, 0.15) is 303 Å². The second-order valence-electron chi connectivity index (χ2n) is 24.7. The molecule has 14 heteroatoms. The molecule has 2 saturated heterocycles. The van der Waals surface area contributed by atoms with Crippen LogP contribution in [0.3, 0.4) is 0 Å². The quantitative estimate of drug-likeness (QED) is 0.0204. The third kappa shape index (κ3) is 39.0. The molecule has 2 rings (SSSR count). The monoisotopic (exact) mass is 1180 g/mol. The van der Waals surface area contributed by atoms with Crippen LogP contribution >= 0.6 is 0 Å². The van der Waals surface area contributed by atoms with Crippen LogP contribution in [-0.4, -0.2) is 140 Å². The Hall–Kier alpha value is -1.79. The smallest absolute Gasteiger partial charge is 0.220 e. The van der Waals surface area contributed by atoms with Gasteiger partial charge in [0.25, 0.3) is 0 Å². The zero-order valence-electron chi connectivity index (χ0n) is 53.0. The molecule has 0 saturated carbocycles. The summed E-state index contributed by atoms with van der Waals surface area (Å²) < 4.78 is 22.9. The fraction of sp³-hybridized carbons (Fsp3) is 0.899. The summed E-state index contributed by atoms with van der Waals surface area (Å²) in [5.74, 6) is -0.216. The number of hydrogen-bond donors (Lipinski definition) is 9. The van der Waals surface area contributed by atoms with Gasteiger partial charge in [-0.2, -0.15) is 0 Å². The van der Waals surface area contributed by atoms with E-state index in [1.165, 1.54) is 193 Å². The van der Waals surface area contributed by atoms with Crippen LogP contribution in [0.25, 0.3) is 0 Å². The molecule has 0 aromatic rings. The third-order valence-corrected chi connectivity index (χ3v) is 17.1. The van der Waals surface area contributed by atoms with Crippen LogP contribution in [0.5, 0.6) is 0 Å². The van der Waals surface area contributed by atoms with Gasteiger partial charge in [0.1, 0.15) is 48.8 Å². The van der Waals surface area contributed by atoms with Gasteiger partial charge < -0.3 is 65.1 Å². The highest BCUT2D eigenvalue weighted by molar-refractivity contribution is 5.76. The molecule has 0 spiro atoms. The first-order chi connectivity index (χ1) is 40.6. The molecule has 2 fully saturated rings. The first kappa shape index (κ1) is 77.3. The molecule has 12 unspecified atom stereocenters. The fourth-order valence-corrected chi connectivity index (χ4v) is 11.5. The Balaban J connectivity index is 1.66. The molecule has 2 aliphatic rings. The average molecular weight is 1180 g/mol. The van der Waals surface area contributed by atoms with Crippen molar-refractivity contribution in [3.8, 4) is 0 Å². The minimum absolute atomic E-state index is 0.216. The topological polar surface area (TPSA) is 228 Å². The number of carbonyl (C=O) groups is 1. The molecule has 488 valence electrons. The number of allylic oxidation sites excluding steroid dienone is 6. The lowest BCUT2D eigenvalue weighted by Crippen LogP contribution is -2.65. The molecule has 0 aromatic carbocycles. The maximum Gasteiger partial charge on any atom is 0.220 e. The summed E-state index contributed by atoms with van der Waals surface area (Å²) in [6.07, 6.45) is 51.6. The largest absolute Gasteiger partial charge is 0.394 e. The molecule has 1 amide bonds. The van der Waals surface area contributed by atoms with Gasteiger partial charge in [0, 0.05) is 6.42 Å². The average Bonchev–Trinajstić information content (AvgIpc) is 3.64. The van der Waals surface area contributed by atoms with Crippen molar-refractivity contribution in [2.24, 2.45) is 0 Å². The van der Waals surface area contributed by atoms with E-state index in [-0.39, 0.29) is 12.5 Å². The number of rotatable bonds is 57. The van der Waals surface area contributed by atoms with Crippen LogP contribution in [0, 0.1) is 0 Å². The fourth-order valence-electron chi connectivity index (χ4n) is 11.5. The van der Waals surface area contributed by atoms with Crippen LogP contribution < -0.4 is 5.32 Å². The number of nitrogens with one attached hydrogen (secondary N) is 1. The lowest BCUT2D eigenvalue weighted by Gasteiger charge is -2.46. The molecule has 9 N–H and O–H groups in total. The lowest BCUT2D eigenvalue weighted by atomic mass is 9.97. The van der Waals surface area contributed by atoms with E-state index in [2.05, 4.69) is 55.6 Å². The third-order valence-electron chi connectivity index (χ3n) is 17.1. The molecule has 2 heterocycles. The molecule has 83 heavy (non-hydrogen) atoms. The molecule has 12 atom stereocenters. The van der Waals surface area contributed by atoms with Gasteiger partial charge in [-0.05, 0) is 51.4 Å². The summed E-state index contributed by atoms with van der Waals surface area (Å²) in [7, 11) is 0. The van der Waals surface area contributed by atoms with Gasteiger partial charge in [-0.3, -0.25) is 4.79 Å². The van der Waals surface area contributed by atoms with Crippen molar-refractivity contribution < 1.29 is 64.6 Å². The lowest BCUT2D eigenvalue weighted by molar-refractivity contribution is -0.359. The van der Waals surface area contributed by atoms with E-state index in [4.69, 9.17) is 18.9 Å². The maximum absolute atomic E-state index is 13.3. The summed E-state index contributed by atoms with van der Waals surface area (Å²) >= 11 is 0. The number of aliphatic hydroxyl groups excluding tert-OH is 8. The van der Waals surface area contributed by atoms with Crippen molar-refractivity contribution in [1.29, 1.82) is 0 Å². The van der Waals surface area contributed by atoms with Crippen LogP contribution in [-0.2, 0) is 23.7 Å². The van der Waals surface area contributed by atoms with Crippen LogP contribution in [0.15, 0.2) is 36.5 Å². The van der Waals surface area contributed by atoms with Gasteiger partial charge in [-0.25, -0.2) is 0 Å². The van der Waals surface area contributed by atoms with E-state index in [1.54, 1.807) is 0 Å². The molecule has 2 aliphatic heterocycles. The second-order valence-corrected chi connectivity index (χ2v) is 24.7. The number of amides is 1. The van der Waals surface area contributed by atoms with Crippen molar-refractivity contribution in [2.45, 2.75) is 376 Å². The zero-order chi connectivity index (χ0) is 60.2. The van der Waals surface area contributed by atoms with Crippen molar-refractivity contribution in [1.82, 2.24) is 5.32 Å². The standard InChI is InChI=1S/C69H129NO13/c1-3-5-7-9-11-13-15-17-19-21-23-24-25-26-27-28-29-30-31-32-33-35-36-38-40-42-44-46-48-50-52-58(73)57(70-61(74)53-51-49-47-45-43-41-39-37-34-22-20-18-16-14-12-10-8-6-4-2)56-80-68-66(79)64(77)67(60(55-72)82-68)83-69-65(78)63(76)62(75)59(54-71)81-69/h12,14,18,20,34,37,57-60,62-69,71-73,75-79H,3-11,13,15-17,19,21-33,35-36,38-56H2,1-2H3,(H,70,74)/b14-12-,20-18-,37-34-. The number of unbranched alkanes of at least 4 members (excludes halogenated alkanes) is 38. The molecular weight excluding hydrogens is 1050 g/mol. The van der Waals surface area contributed by atoms with Gasteiger partial charge in [-0.1, -0.05) is 281 Å². The van der Waals surface area contributed by atoms with E-state index in [9.17, 15) is 45.6 Å².